The molecule has 3 rings (SSSR count). The molecule has 2 aromatic carbocycles. The van der Waals surface area contributed by atoms with E-state index in [1.165, 1.54) is 18.2 Å². The fourth-order valence-electron chi connectivity index (χ4n) is 2.70. The molecule has 1 N–H and O–H groups in total. The van der Waals surface area contributed by atoms with Gasteiger partial charge in [0.15, 0.2) is 5.58 Å². The normalized spacial score (nSPS) is 12.8. The van der Waals surface area contributed by atoms with Crippen LogP contribution in [0.15, 0.2) is 59.0 Å². The van der Waals surface area contributed by atoms with Crippen molar-refractivity contribution in [2.75, 3.05) is 0 Å². The number of hydrogen-bond donors (Lipinski definition) is 1. The minimum Gasteiger partial charge on any atom is -0.438 e. The SMILES string of the molecule is CC(C)C[C@H](NC(=O)/C=C/c1ccc(F)cc1)c1nc2ccccc2o1. The number of fused-ring (bicyclic) bond motifs is 1. The number of hydrogen-bond acceptors (Lipinski definition) is 3. The van der Waals surface area contributed by atoms with Crippen molar-refractivity contribution >= 4 is 23.1 Å². The van der Waals surface area contributed by atoms with Crippen LogP contribution in [0.1, 0.15) is 37.8 Å². The van der Waals surface area contributed by atoms with Crippen LogP contribution in [0.3, 0.4) is 0 Å². The van der Waals surface area contributed by atoms with Crippen molar-refractivity contribution < 1.29 is 13.6 Å². The second kappa shape index (κ2) is 7.95. The molecule has 1 amide bonds. The van der Waals surface area contributed by atoms with Crippen molar-refractivity contribution in [2.24, 2.45) is 5.92 Å². The third-order valence-electron chi connectivity index (χ3n) is 3.93. The number of aromatic nitrogens is 1. The first kappa shape index (κ1) is 17.9. The minimum atomic E-state index is -0.312. The van der Waals surface area contributed by atoms with Gasteiger partial charge in [0.25, 0.3) is 0 Å². The molecule has 0 aliphatic rings. The van der Waals surface area contributed by atoms with Crippen molar-refractivity contribution in [1.29, 1.82) is 0 Å². The molecule has 5 heteroatoms. The zero-order valence-corrected chi connectivity index (χ0v) is 14.8. The van der Waals surface area contributed by atoms with Crippen LogP contribution in [0.2, 0.25) is 0 Å². The predicted octanol–water partition coefficient (Wildman–Crippen LogP) is 4.88. The van der Waals surface area contributed by atoms with Crippen LogP contribution in [0.5, 0.6) is 0 Å². The Balaban J connectivity index is 1.75. The largest absolute Gasteiger partial charge is 0.438 e. The number of benzene rings is 2. The topological polar surface area (TPSA) is 55.1 Å². The number of halogens is 1. The maximum atomic E-state index is 12.9. The molecule has 0 saturated carbocycles. The highest BCUT2D eigenvalue weighted by Crippen LogP contribution is 2.24. The van der Waals surface area contributed by atoms with E-state index in [0.29, 0.717) is 23.8 Å². The summed E-state index contributed by atoms with van der Waals surface area (Å²) < 4.78 is 18.8. The first-order valence-corrected chi connectivity index (χ1v) is 8.61. The number of carbonyl (C=O) groups excluding carboxylic acids is 1. The highest BCUT2D eigenvalue weighted by Gasteiger charge is 2.20. The van der Waals surface area contributed by atoms with E-state index < -0.39 is 0 Å². The molecule has 0 aliphatic carbocycles. The summed E-state index contributed by atoms with van der Waals surface area (Å²) in [5.41, 5.74) is 2.23. The monoisotopic (exact) mass is 352 g/mol. The van der Waals surface area contributed by atoms with Crippen molar-refractivity contribution in [3.8, 4) is 0 Å². The van der Waals surface area contributed by atoms with Crippen LogP contribution in [-0.2, 0) is 4.79 Å². The first-order chi connectivity index (χ1) is 12.5. The summed E-state index contributed by atoms with van der Waals surface area (Å²) in [6.07, 6.45) is 3.79. The number of rotatable bonds is 6. The summed E-state index contributed by atoms with van der Waals surface area (Å²) in [6.45, 7) is 4.16. The molecule has 0 radical (unpaired) electrons. The highest BCUT2D eigenvalue weighted by molar-refractivity contribution is 5.92. The van der Waals surface area contributed by atoms with Gasteiger partial charge in [0, 0.05) is 6.08 Å². The second-order valence-corrected chi connectivity index (χ2v) is 6.60. The van der Waals surface area contributed by atoms with Crippen molar-refractivity contribution in [3.63, 3.8) is 0 Å². The van der Waals surface area contributed by atoms with E-state index in [-0.39, 0.29) is 17.8 Å². The lowest BCUT2D eigenvalue weighted by molar-refractivity contribution is -0.117. The fourth-order valence-corrected chi connectivity index (χ4v) is 2.70. The number of oxazole rings is 1. The number of nitrogens with one attached hydrogen (secondary N) is 1. The second-order valence-electron chi connectivity index (χ2n) is 6.60. The van der Waals surface area contributed by atoms with Gasteiger partial charge in [-0.1, -0.05) is 38.1 Å². The summed E-state index contributed by atoms with van der Waals surface area (Å²) in [4.78, 5) is 16.8. The Morgan fingerprint density at radius 1 is 1.19 bits per heavy atom. The van der Waals surface area contributed by atoms with Crippen LogP contribution >= 0.6 is 0 Å². The van der Waals surface area contributed by atoms with Crippen molar-refractivity contribution in [3.05, 3.63) is 71.9 Å². The van der Waals surface area contributed by atoms with Crippen LogP contribution in [0.25, 0.3) is 17.2 Å². The molecule has 0 saturated heterocycles. The maximum Gasteiger partial charge on any atom is 0.244 e. The molecular weight excluding hydrogens is 331 g/mol. The van der Waals surface area contributed by atoms with Crippen LogP contribution in [0.4, 0.5) is 4.39 Å². The van der Waals surface area contributed by atoms with Gasteiger partial charge in [-0.15, -0.1) is 0 Å². The highest BCUT2D eigenvalue weighted by atomic mass is 19.1. The van der Waals surface area contributed by atoms with E-state index >= 15 is 0 Å². The molecule has 0 aliphatic heterocycles. The van der Waals surface area contributed by atoms with Gasteiger partial charge in [-0.05, 0) is 48.2 Å². The van der Waals surface area contributed by atoms with Gasteiger partial charge >= 0.3 is 0 Å². The van der Waals surface area contributed by atoms with Crippen LogP contribution in [0, 0.1) is 11.7 Å². The van der Waals surface area contributed by atoms with Gasteiger partial charge in [0.2, 0.25) is 11.8 Å². The van der Waals surface area contributed by atoms with Gasteiger partial charge in [0.1, 0.15) is 17.4 Å². The summed E-state index contributed by atoms with van der Waals surface area (Å²) >= 11 is 0. The molecule has 0 unspecified atom stereocenters. The van der Waals surface area contributed by atoms with Gasteiger partial charge in [-0.25, -0.2) is 9.37 Å². The summed E-state index contributed by atoms with van der Waals surface area (Å²) in [5, 5.41) is 2.95. The average Bonchev–Trinajstić information content (AvgIpc) is 3.04. The average molecular weight is 352 g/mol. The molecule has 3 aromatic rings. The van der Waals surface area contributed by atoms with Gasteiger partial charge in [-0.2, -0.15) is 0 Å². The lowest BCUT2D eigenvalue weighted by Gasteiger charge is -2.16. The molecule has 0 bridgehead atoms. The maximum absolute atomic E-state index is 12.9. The standard InChI is InChI=1S/C21H21FN2O2/c1-14(2)13-18(21-24-17-5-3-4-6-19(17)26-21)23-20(25)12-9-15-7-10-16(22)11-8-15/h3-12,14,18H,13H2,1-2H3,(H,23,25)/b12-9+/t18-/m0/s1. The predicted molar refractivity (Wildman–Crippen MR) is 99.8 cm³/mol. The van der Waals surface area contributed by atoms with E-state index in [1.54, 1.807) is 18.2 Å². The van der Waals surface area contributed by atoms with E-state index in [9.17, 15) is 9.18 Å². The lowest BCUT2D eigenvalue weighted by Crippen LogP contribution is -2.28. The Hall–Kier alpha value is -2.95. The van der Waals surface area contributed by atoms with Crippen molar-refractivity contribution in [2.45, 2.75) is 26.3 Å². The molecular formula is C21H21FN2O2. The molecule has 134 valence electrons. The third kappa shape index (κ3) is 4.57. The van der Waals surface area contributed by atoms with E-state index in [0.717, 1.165) is 11.1 Å². The zero-order chi connectivity index (χ0) is 18.5. The lowest BCUT2D eigenvalue weighted by atomic mass is 10.0. The van der Waals surface area contributed by atoms with Crippen LogP contribution in [-0.4, -0.2) is 10.9 Å². The van der Waals surface area contributed by atoms with Crippen LogP contribution < -0.4 is 5.32 Å². The van der Waals surface area contributed by atoms with E-state index in [2.05, 4.69) is 24.1 Å². The number of amides is 1. The van der Waals surface area contributed by atoms with E-state index in [1.807, 2.05) is 24.3 Å². The number of para-hydroxylation sites is 2. The summed E-state index contributed by atoms with van der Waals surface area (Å²) in [7, 11) is 0. The molecule has 26 heavy (non-hydrogen) atoms. The molecule has 0 spiro atoms. The Kier molecular flexibility index (Phi) is 5.46. The Bertz CT molecular complexity index is 880. The zero-order valence-electron chi connectivity index (χ0n) is 14.8. The summed E-state index contributed by atoms with van der Waals surface area (Å²) in [6, 6.07) is 13.2. The number of carbonyl (C=O) groups is 1. The first-order valence-electron chi connectivity index (χ1n) is 8.61. The van der Waals surface area contributed by atoms with Gasteiger partial charge in [0.05, 0.1) is 0 Å². The fraction of sp³-hybridized carbons (Fsp3) is 0.238. The Labute approximate surface area is 151 Å². The Morgan fingerprint density at radius 2 is 1.92 bits per heavy atom. The third-order valence-corrected chi connectivity index (χ3v) is 3.93. The Morgan fingerprint density at radius 3 is 2.62 bits per heavy atom. The smallest absolute Gasteiger partial charge is 0.244 e. The quantitative estimate of drug-likeness (QED) is 0.643. The minimum absolute atomic E-state index is 0.248. The summed E-state index contributed by atoms with van der Waals surface area (Å²) in [5.74, 6) is 0.307. The molecule has 1 atom stereocenters. The number of nitrogens with zero attached hydrogens (tertiary/aromatic N) is 1. The van der Waals surface area contributed by atoms with Gasteiger partial charge in [-0.3, -0.25) is 4.79 Å². The molecule has 1 aromatic heterocycles. The van der Waals surface area contributed by atoms with Gasteiger partial charge < -0.3 is 9.73 Å². The molecule has 0 fully saturated rings. The van der Waals surface area contributed by atoms with E-state index in [4.69, 9.17) is 4.42 Å². The van der Waals surface area contributed by atoms with Crippen molar-refractivity contribution in [1.82, 2.24) is 10.3 Å². The molecule has 1 heterocycles. The molecule has 4 nitrogen and oxygen atoms in total.